The molecule has 1 fully saturated rings. The van der Waals surface area contributed by atoms with Crippen molar-refractivity contribution in [2.24, 2.45) is 11.7 Å². The molecule has 1 aliphatic rings. The predicted octanol–water partition coefficient (Wildman–Crippen LogP) is 1.82. The molecule has 3 nitrogen and oxygen atoms in total. The van der Waals surface area contributed by atoms with Gasteiger partial charge < -0.3 is 5.73 Å². The topological polar surface area (TPSA) is 53.1 Å². The van der Waals surface area contributed by atoms with Crippen molar-refractivity contribution in [3.63, 3.8) is 0 Å². The molecule has 3 heteroatoms. The number of nitrogens with zero attached hydrogens (tertiary/aromatic N) is 1. The Balaban J connectivity index is 2.45. The second kappa shape index (κ2) is 4.78. The predicted molar refractivity (Wildman–Crippen MR) is 60.6 cm³/mol. The fourth-order valence-electron chi connectivity index (χ4n) is 2.19. The van der Waals surface area contributed by atoms with Crippen molar-refractivity contribution in [1.82, 2.24) is 4.90 Å². The van der Waals surface area contributed by atoms with Crippen molar-refractivity contribution in [2.75, 3.05) is 7.05 Å². The highest BCUT2D eigenvalue weighted by Gasteiger charge is 2.25. The van der Waals surface area contributed by atoms with Gasteiger partial charge in [0.2, 0.25) is 0 Å². The van der Waals surface area contributed by atoms with Gasteiger partial charge in [0, 0.05) is 6.04 Å². The molecular formula is C11H23N3. The summed E-state index contributed by atoms with van der Waals surface area (Å²) in [6.45, 7) is 4.34. The van der Waals surface area contributed by atoms with Crippen LogP contribution in [0.25, 0.3) is 0 Å². The van der Waals surface area contributed by atoms with Crippen LogP contribution in [0, 0.1) is 11.3 Å². The Bertz CT molecular complexity index is 195. The van der Waals surface area contributed by atoms with Crippen LogP contribution in [0.2, 0.25) is 0 Å². The first kappa shape index (κ1) is 11.5. The van der Waals surface area contributed by atoms with Crippen molar-refractivity contribution in [2.45, 2.75) is 51.6 Å². The maximum atomic E-state index is 7.43. The Morgan fingerprint density at radius 3 is 2.29 bits per heavy atom. The molecule has 3 N–H and O–H groups in total. The number of likely N-dealkylation sites (N-methyl/N-ethyl adjacent to an activating group) is 1. The molecule has 0 spiro atoms. The minimum Gasteiger partial charge on any atom is -0.386 e. The quantitative estimate of drug-likeness (QED) is 0.535. The summed E-state index contributed by atoms with van der Waals surface area (Å²) >= 11 is 0. The number of nitrogens with one attached hydrogen (secondary N) is 1. The molecule has 0 saturated heterocycles. The van der Waals surface area contributed by atoms with Crippen molar-refractivity contribution < 1.29 is 0 Å². The van der Waals surface area contributed by atoms with Crippen LogP contribution in [-0.4, -0.2) is 29.9 Å². The minimum absolute atomic E-state index is 0.0911. The molecule has 0 aromatic rings. The summed E-state index contributed by atoms with van der Waals surface area (Å²) in [6, 6.07) is 0.721. The number of rotatable bonds is 3. The van der Waals surface area contributed by atoms with Crippen LogP contribution in [0.4, 0.5) is 0 Å². The van der Waals surface area contributed by atoms with Crippen molar-refractivity contribution >= 4 is 5.84 Å². The van der Waals surface area contributed by atoms with Crippen molar-refractivity contribution in [1.29, 1.82) is 5.41 Å². The SMILES string of the molecule is CC1CCC(N(C)C(C)C(=N)N)CC1. The normalized spacial score (nSPS) is 30.3. The van der Waals surface area contributed by atoms with E-state index < -0.39 is 0 Å². The highest BCUT2D eigenvalue weighted by Crippen LogP contribution is 2.27. The van der Waals surface area contributed by atoms with Crippen molar-refractivity contribution in [3.8, 4) is 0 Å². The van der Waals surface area contributed by atoms with Gasteiger partial charge in [0.1, 0.15) is 5.84 Å². The average Bonchev–Trinajstić information content (AvgIpc) is 2.16. The van der Waals surface area contributed by atoms with E-state index in [0.717, 1.165) is 5.92 Å². The summed E-state index contributed by atoms with van der Waals surface area (Å²) in [5, 5.41) is 7.43. The number of amidine groups is 1. The lowest BCUT2D eigenvalue weighted by Crippen LogP contribution is -2.46. The van der Waals surface area contributed by atoms with Gasteiger partial charge in [0.25, 0.3) is 0 Å². The van der Waals surface area contributed by atoms with Crippen molar-refractivity contribution in [3.05, 3.63) is 0 Å². The number of hydrogen-bond acceptors (Lipinski definition) is 2. The minimum atomic E-state index is 0.0911. The molecule has 1 unspecified atom stereocenters. The molecule has 1 saturated carbocycles. The van der Waals surface area contributed by atoms with E-state index in [9.17, 15) is 0 Å². The zero-order valence-electron chi connectivity index (χ0n) is 9.59. The standard InChI is InChI=1S/C11H23N3/c1-8-4-6-10(7-5-8)14(3)9(2)11(12)13/h8-10H,4-7H2,1-3H3,(H3,12,13). The summed E-state index contributed by atoms with van der Waals surface area (Å²) in [4.78, 5) is 2.26. The molecule has 0 aromatic heterocycles. The molecule has 14 heavy (non-hydrogen) atoms. The molecular weight excluding hydrogens is 174 g/mol. The lowest BCUT2D eigenvalue weighted by Gasteiger charge is -2.36. The molecule has 0 heterocycles. The number of nitrogens with two attached hydrogens (primary N) is 1. The molecule has 0 radical (unpaired) electrons. The monoisotopic (exact) mass is 197 g/mol. The Kier molecular flexibility index (Phi) is 3.93. The lowest BCUT2D eigenvalue weighted by atomic mass is 9.86. The third-order valence-electron chi connectivity index (χ3n) is 3.62. The van der Waals surface area contributed by atoms with Crippen LogP contribution in [0.15, 0.2) is 0 Å². The molecule has 0 aliphatic heterocycles. The van der Waals surface area contributed by atoms with E-state index in [0.29, 0.717) is 6.04 Å². The highest BCUT2D eigenvalue weighted by molar-refractivity contribution is 5.82. The molecule has 1 atom stereocenters. The fraction of sp³-hybridized carbons (Fsp3) is 0.909. The Labute approximate surface area is 87.2 Å². The van der Waals surface area contributed by atoms with Crippen LogP contribution < -0.4 is 5.73 Å². The zero-order chi connectivity index (χ0) is 10.7. The van der Waals surface area contributed by atoms with Gasteiger partial charge in [-0.25, -0.2) is 0 Å². The molecule has 0 aromatic carbocycles. The first-order valence-corrected chi connectivity index (χ1v) is 5.58. The summed E-state index contributed by atoms with van der Waals surface area (Å²) in [6.07, 6.45) is 5.16. The second-order valence-electron chi connectivity index (χ2n) is 4.71. The lowest BCUT2D eigenvalue weighted by molar-refractivity contribution is 0.156. The van der Waals surface area contributed by atoms with Crippen LogP contribution in [0.3, 0.4) is 0 Å². The maximum absolute atomic E-state index is 7.43. The third kappa shape index (κ3) is 2.71. The van der Waals surface area contributed by atoms with E-state index in [1.165, 1.54) is 25.7 Å². The van der Waals surface area contributed by atoms with Crippen LogP contribution in [-0.2, 0) is 0 Å². The average molecular weight is 197 g/mol. The first-order valence-electron chi connectivity index (χ1n) is 5.58. The fourth-order valence-corrected chi connectivity index (χ4v) is 2.19. The molecule has 82 valence electrons. The van der Waals surface area contributed by atoms with Gasteiger partial charge in [-0.05, 0) is 45.6 Å². The summed E-state index contributed by atoms with van der Waals surface area (Å²) in [5.41, 5.74) is 5.51. The van der Waals surface area contributed by atoms with E-state index >= 15 is 0 Å². The molecule has 1 aliphatic carbocycles. The summed E-state index contributed by atoms with van der Waals surface area (Å²) < 4.78 is 0. The van der Waals surface area contributed by atoms with E-state index in [4.69, 9.17) is 11.1 Å². The Hall–Kier alpha value is -0.570. The second-order valence-corrected chi connectivity index (χ2v) is 4.71. The van der Waals surface area contributed by atoms with Gasteiger partial charge in [0.05, 0.1) is 6.04 Å². The van der Waals surface area contributed by atoms with E-state index in [1.54, 1.807) is 0 Å². The first-order chi connectivity index (χ1) is 6.52. The van der Waals surface area contributed by atoms with Crippen LogP contribution in [0.1, 0.15) is 39.5 Å². The molecule has 0 bridgehead atoms. The van der Waals surface area contributed by atoms with E-state index in [-0.39, 0.29) is 11.9 Å². The van der Waals surface area contributed by atoms with Gasteiger partial charge in [-0.1, -0.05) is 6.92 Å². The molecule has 0 amide bonds. The Morgan fingerprint density at radius 2 is 1.86 bits per heavy atom. The van der Waals surface area contributed by atoms with Crippen LogP contribution in [0.5, 0.6) is 0 Å². The molecule has 1 rings (SSSR count). The largest absolute Gasteiger partial charge is 0.386 e. The summed E-state index contributed by atoms with van der Waals surface area (Å²) in [5.74, 6) is 1.17. The van der Waals surface area contributed by atoms with Gasteiger partial charge in [-0.3, -0.25) is 10.3 Å². The highest BCUT2D eigenvalue weighted by atomic mass is 15.2. The zero-order valence-corrected chi connectivity index (χ0v) is 9.59. The van der Waals surface area contributed by atoms with Gasteiger partial charge >= 0.3 is 0 Å². The summed E-state index contributed by atoms with van der Waals surface area (Å²) in [7, 11) is 2.09. The number of hydrogen-bond donors (Lipinski definition) is 2. The third-order valence-corrected chi connectivity index (χ3v) is 3.62. The smallest absolute Gasteiger partial charge is 0.108 e. The van der Waals surface area contributed by atoms with E-state index in [1.807, 2.05) is 6.92 Å². The van der Waals surface area contributed by atoms with Crippen LogP contribution >= 0.6 is 0 Å². The van der Waals surface area contributed by atoms with E-state index in [2.05, 4.69) is 18.9 Å². The maximum Gasteiger partial charge on any atom is 0.108 e. The van der Waals surface area contributed by atoms with Gasteiger partial charge in [-0.15, -0.1) is 0 Å². The van der Waals surface area contributed by atoms with Gasteiger partial charge in [0.15, 0.2) is 0 Å². The Morgan fingerprint density at radius 1 is 1.36 bits per heavy atom. The van der Waals surface area contributed by atoms with Gasteiger partial charge in [-0.2, -0.15) is 0 Å².